The van der Waals surface area contributed by atoms with E-state index >= 15 is 0 Å². The summed E-state index contributed by atoms with van der Waals surface area (Å²) in [4.78, 5) is 5.07. The van der Waals surface area contributed by atoms with Gasteiger partial charge in [0.1, 0.15) is 0 Å². The zero-order valence-corrected chi connectivity index (χ0v) is 40.0. The third-order valence-corrected chi connectivity index (χ3v) is 15.6. The number of rotatable bonds is 9. The van der Waals surface area contributed by atoms with Gasteiger partial charge in [0.2, 0.25) is 0 Å². The van der Waals surface area contributed by atoms with Gasteiger partial charge in [-0.1, -0.05) is 185 Å². The summed E-state index contributed by atoms with van der Waals surface area (Å²) in [6, 6.07) is 80.3. The highest BCUT2D eigenvalue weighted by Gasteiger charge is 2.38. The average molecular weight is 893 g/mol. The molecule has 1 fully saturated rings. The fraction of sp³-hybridized carbons (Fsp3) is 0.194. The Balaban J connectivity index is 0.943. The van der Waals surface area contributed by atoms with E-state index in [0.717, 1.165) is 31.4 Å². The molecule has 0 amide bonds. The van der Waals surface area contributed by atoms with Gasteiger partial charge >= 0.3 is 0 Å². The van der Waals surface area contributed by atoms with Gasteiger partial charge in [0.25, 0.3) is 0 Å². The molecule has 0 atom stereocenters. The molecule has 0 radical (unpaired) electrons. The SMILES string of the molecule is CC1(C)c2cc(N(c3ccc(-c4ccccc4)cc3)c3cc4ccc3CCc3ccc(c(N(c5ccccc5)c5ccc(C6CCCCC6)cc5)c3)CC4)ccc2-c2c(-c3ccccc3)cccc21. The van der Waals surface area contributed by atoms with Crippen molar-refractivity contribution in [2.24, 2.45) is 0 Å². The van der Waals surface area contributed by atoms with Gasteiger partial charge in [-0.05, 0) is 177 Å². The van der Waals surface area contributed by atoms with E-state index in [0.29, 0.717) is 5.92 Å². The minimum Gasteiger partial charge on any atom is -0.310 e. The number of fused-ring (bicyclic) bond motifs is 3. The quantitative estimate of drug-likeness (QED) is 0.142. The molecule has 0 aliphatic heterocycles. The summed E-state index contributed by atoms with van der Waals surface area (Å²) in [5.74, 6) is 0.683. The summed E-state index contributed by atoms with van der Waals surface area (Å²) < 4.78 is 0. The molecule has 0 spiro atoms. The lowest BCUT2D eigenvalue weighted by Crippen LogP contribution is -2.17. The number of anilines is 6. The first-order valence-electron chi connectivity index (χ1n) is 25.4. The van der Waals surface area contributed by atoms with Crippen molar-refractivity contribution in [3.05, 3.63) is 251 Å². The van der Waals surface area contributed by atoms with E-state index in [1.165, 1.54) is 133 Å². The highest BCUT2D eigenvalue weighted by atomic mass is 15.2. The zero-order chi connectivity index (χ0) is 46.3. The van der Waals surface area contributed by atoms with Crippen LogP contribution in [-0.4, -0.2) is 0 Å². The van der Waals surface area contributed by atoms with Crippen LogP contribution in [0.3, 0.4) is 0 Å². The molecule has 2 heteroatoms. The van der Waals surface area contributed by atoms with Crippen LogP contribution in [-0.2, 0) is 31.1 Å². The van der Waals surface area contributed by atoms with E-state index in [1.54, 1.807) is 0 Å². The monoisotopic (exact) mass is 892 g/mol. The van der Waals surface area contributed by atoms with Crippen molar-refractivity contribution >= 4 is 34.1 Å². The second kappa shape index (κ2) is 18.2. The van der Waals surface area contributed by atoms with Crippen LogP contribution in [0.2, 0.25) is 0 Å². The van der Waals surface area contributed by atoms with Gasteiger partial charge in [-0.15, -0.1) is 0 Å². The molecule has 69 heavy (non-hydrogen) atoms. The summed E-state index contributed by atoms with van der Waals surface area (Å²) >= 11 is 0. The lowest BCUT2D eigenvalue weighted by atomic mass is 9.81. The van der Waals surface area contributed by atoms with Gasteiger partial charge in [-0.3, -0.25) is 0 Å². The van der Waals surface area contributed by atoms with E-state index in [2.05, 4.69) is 236 Å². The van der Waals surface area contributed by atoms with E-state index in [-0.39, 0.29) is 5.41 Å². The van der Waals surface area contributed by atoms with Gasteiger partial charge < -0.3 is 9.80 Å². The molecule has 6 aliphatic rings. The van der Waals surface area contributed by atoms with Gasteiger partial charge in [0, 0.05) is 39.5 Å². The van der Waals surface area contributed by atoms with Crippen molar-refractivity contribution in [1.29, 1.82) is 0 Å². The molecule has 6 aliphatic carbocycles. The fourth-order valence-electron chi connectivity index (χ4n) is 11.9. The van der Waals surface area contributed by atoms with Crippen molar-refractivity contribution in [1.82, 2.24) is 0 Å². The summed E-state index contributed by atoms with van der Waals surface area (Å²) in [6.07, 6.45) is 10.4. The topological polar surface area (TPSA) is 6.48 Å². The minimum absolute atomic E-state index is 0.176. The largest absolute Gasteiger partial charge is 0.310 e. The van der Waals surface area contributed by atoms with Gasteiger partial charge in [0.05, 0.1) is 0 Å². The Labute approximate surface area is 409 Å². The number of benzene rings is 9. The normalized spacial score (nSPS) is 14.9. The maximum absolute atomic E-state index is 2.55. The maximum atomic E-state index is 2.55. The first-order valence-corrected chi connectivity index (χ1v) is 25.4. The standard InChI is InChI=1S/C67H60N2/c1-67(2)62-25-15-24-60(53-20-11-5-12-21-53)66(62)61-43-42-59(46-63(61)67)69(58-40-36-52(37-41-58)50-18-9-4-10-19-50)65-45-48-27-31-54-30-26-47(28-32-55(65)33-29-48)44-64(54)68(56-22-13-6-14-23-56)57-38-34-51(35-39-57)49-16-7-3-8-17-49/h4-6,9-15,18-26,29-30,33-46,49H,3,7-8,16-17,27-28,31-32H2,1-2H3. The second-order valence-electron chi connectivity index (χ2n) is 20.2. The molecular formula is C67H60N2. The molecule has 338 valence electrons. The molecule has 1 saturated carbocycles. The first kappa shape index (κ1) is 42.9. The van der Waals surface area contributed by atoms with Crippen molar-refractivity contribution in [3.8, 4) is 33.4 Å². The van der Waals surface area contributed by atoms with E-state index < -0.39 is 0 Å². The van der Waals surface area contributed by atoms with Crippen molar-refractivity contribution in [2.45, 2.75) is 83.0 Å². The number of para-hydroxylation sites is 1. The molecule has 9 aromatic carbocycles. The van der Waals surface area contributed by atoms with Crippen LogP contribution < -0.4 is 9.80 Å². The average Bonchev–Trinajstić information content (AvgIpc) is 3.64. The molecule has 0 N–H and O–H groups in total. The lowest BCUT2D eigenvalue weighted by Gasteiger charge is -2.31. The molecule has 2 nitrogen and oxygen atoms in total. The molecule has 0 heterocycles. The second-order valence-corrected chi connectivity index (χ2v) is 20.2. The highest BCUT2D eigenvalue weighted by Crippen LogP contribution is 2.54. The molecule has 4 bridgehead atoms. The van der Waals surface area contributed by atoms with Crippen LogP contribution in [0.25, 0.3) is 33.4 Å². The van der Waals surface area contributed by atoms with E-state index in [1.807, 2.05) is 0 Å². The third-order valence-electron chi connectivity index (χ3n) is 15.6. The van der Waals surface area contributed by atoms with E-state index in [4.69, 9.17) is 0 Å². The van der Waals surface area contributed by atoms with Crippen LogP contribution >= 0.6 is 0 Å². The number of nitrogens with zero attached hydrogens (tertiary/aromatic N) is 2. The Kier molecular flexibility index (Phi) is 11.3. The molecular weight excluding hydrogens is 833 g/mol. The minimum atomic E-state index is -0.176. The first-order chi connectivity index (χ1) is 34.0. The Morgan fingerprint density at radius 2 is 0.899 bits per heavy atom. The van der Waals surface area contributed by atoms with Crippen LogP contribution in [0, 0.1) is 0 Å². The molecule has 15 rings (SSSR count). The summed E-state index contributed by atoms with van der Waals surface area (Å²) in [7, 11) is 0. The fourth-order valence-corrected chi connectivity index (χ4v) is 11.9. The molecule has 0 unspecified atom stereocenters. The van der Waals surface area contributed by atoms with Crippen molar-refractivity contribution in [2.75, 3.05) is 9.80 Å². The van der Waals surface area contributed by atoms with Crippen LogP contribution in [0.15, 0.2) is 212 Å². The summed E-state index contributed by atoms with van der Waals surface area (Å²) in [5.41, 5.74) is 24.5. The Morgan fingerprint density at radius 1 is 0.377 bits per heavy atom. The smallest absolute Gasteiger partial charge is 0.0496 e. The van der Waals surface area contributed by atoms with Crippen LogP contribution in [0.5, 0.6) is 0 Å². The predicted octanol–water partition coefficient (Wildman–Crippen LogP) is 18.2. The molecule has 0 saturated heterocycles. The van der Waals surface area contributed by atoms with Crippen LogP contribution in [0.4, 0.5) is 34.1 Å². The van der Waals surface area contributed by atoms with Gasteiger partial charge in [0.15, 0.2) is 0 Å². The van der Waals surface area contributed by atoms with E-state index in [9.17, 15) is 0 Å². The van der Waals surface area contributed by atoms with Crippen molar-refractivity contribution in [3.63, 3.8) is 0 Å². The highest BCUT2D eigenvalue weighted by molar-refractivity contribution is 5.94. The molecule has 9 aromatic rings. The number of hydrogen-bond acceptors (Lipinski definition) is 2. The van der Waals surface area contributed by atoms with Crippen molar-refractivity contribution < 1.29 is 0 Å². The summed E-state index contributed by atoms with van der Waals surface area (Å²) in [6.45, 7) is 4.81. The number of hydrogen-bond donors (Lipinski definition) is 0. The Morgan fingerprint density at radius 3 is 1.52 bits per heavy atom. The van der Waals surface area contributed by atoms with Gasteiger partial charge in [-0.2, -0.15) is 0 Å². The third kappa shape index (κ3) is 8.16. The van der Waals surface area contributed by atoms with Gasteiger partial charge in [-0.25, -0.2) is 0 Å². The summed E-state index contributed by atoms with van der Waals surface area (Å²) in [5, 5.41) is 0. The number of aryl methyl sites for hydroxylation is 4. The maximum Gasteiger partial charge on any atom is 0.0496 e. The Hall–Kier alpha value is -7.42. The predicted molar refractivity (Wildman–Crippen MR) is 291 cm³/mol. The molecule has 0 aromatic heterocycles. The Bertz CT molecular complexity index is 3250. The lowest BCUT2D eigenvalue weighted by molar-refractivity contribution is 0.443. The van der Waals surface area contributed by atoms with Crippen LogP contribution in [0.1, 0.15) is 90.8 Å². The zero-order valence-electron chi connectivity index (χ0n) is 40.0.